The Labute approximate surface area is 136 Å². The van der Waals surface area contributed by atoms with E-state index in [1.165, 1.54) is 12.8 Å². The van der Waals surface area contributed by atoms with Gasteiger partial charge in [-0.05, 0) is 37.3 Å². The van der Waals surface area contributed by atoms with E-state index in [1.807, 2.05) is 25.1 Å². The van der Waals surface area contributed by atoms with E-state index in [9.17, 15) is 9.90 Å². The van der Waals surface area contributed by atoms with E-state index in [4.69, 9.17) is 0 Å². The van der Waals surface area contributed by atoms with Crippen LogP contribution in [0.25, 0.3) is 11.0 Å². The molecule has 1 unspecified atom stereocenters. The minimum Gasteiger partial charge on any atom is -0.391 e. The zero-order valence-corrected chi connectivity index (χ0v) is 13.6. The molecule has 23 heavy (non-hydrogen) atoms. The molecule has 0 spiro atoms. The van der Waals surface area contributed by atoms with Crippen LogP contribution in [0.4, 0.5) is 0 Å². The molecule has 1 aromatic carbocycles. The fourth-order valence-electron chi connectivity index (χ4n) is 3.39. The van der Waals surface area contributed by atoms with Gasteiger partial charge in [0.1, 0.15) is 5.82 Å². The normalized spacial score (nSPS) is 16.8. The fraction of sp³-hybridized carbons (Fsp3) is 0.556. The van der Waals surface area contributed by atoms with E-state index in [0.29, 0.717) is 25.3 Å². The topological polar surface area (TPSA) is 78.0 Å². The molecule has 2 aromatic rings. The lowest BCUT2D eigenvalue weighted by atomic mass is 10.0. The van der Waals surface area contributed by atoms with E-state index >= 15 is 0 Å². The van der Waals surface area contributed by atoms with Crippen LogP contribution in [0.15, 0.2) is 18.2 Å². The number of H-pyrrole nitrogens is 1. The van der Waals surface area contributed by atoms with Crippen molar-refractivity contribution in [2.45, 2.75) is 51.6 Å². The number of carbonyl (C=O) groups is 1. The summed E-state index contributed by atoms with van der Waals surface area (Å²) in [4.78, 5) is 19.8. The highest BCUT2D eigenvalue weighted by Crippen LogP contribution is 2.27. The number of fused-ring (bicyclic) bond motifs is 1. The maximum atomic E-state index is 12.0. The van der Waals surface area contributed by atoms with Gasteiger partial charge in [0.2, 0.25) is 5.91 Å². The molecule has 1 aliphatic carbocycles. The molecular weight excluding hydrogens is 290 g/mol. The van der Waals surface area contributed by atoms with Crippen molar-refractivity contribution >= 4 is 16.9 Å². The smallest absolute Gasteiger partial charge is 0.220 e. The molecule has 1 aromatic heterocycles. The summed E-state index contributed by atoms with van der Waals surface area (Å²) >= 11 is 0. The van der Waals surface area contributed by atoms with Crippen molar-refractivity contribution < 1.29 is 9.90 Å². The number of aliphatic hydroxyl groups is 1. The summed E-state index contributed by atoms with van der Waals surface area (Å²) in [6.45, 7) is 2.40. The van der Waals surface area contributed by atoms with Crippen LogP contribution in [0.5, 0.6) is 0 Å². The fourth-order valence-corrected chi connectivity index (χ4v) is 3.39. The first-order chi connectivity index (χ1) is 11.1. The number of amides is 1. The zero-order chi connectivity index (χ0) is 16.2. The third-order valence-corrected chi connectivity index (χ3v) is 4.80. The average molecular weight is 315 g/mol. The van der Waals surface area contributed by atoms with Crippen LogP contribution in [0, 0.1) is 12.8 Å². The van der Waals surface area contributed by atoms with Gasteiger partial charge in [0, 0.05) is 19.4 Å². The molecule has 1 fully saturated rings. The summed E-state index contributed by atoms with van der Waals surface area (Å²) in [5.74, 6) is 1.16. The van der Waals surface area contributed by atoms with E-state index in [0.717, 1.165) is 35.3 Å². The molecular formula is C18H25N3O2. The lowest BCUT2D eigenvalue weighted by molar-refractivity contribution is -0.121. The highest BCUT2D eigenvalue weighted by atomic mass is 16.3. The quantitative estimate of drug-likeness (QED) is 0.766. The van der Waals surface area contributed by atoms with Gasteiger partial charge in [-0.25, -0.2) is 4.98 Å². The summed E-state index contributed by atoms with van der Waals surface area (Å²) in [6.07, 6.45) is 5.11. The van der Waals surface area contributed by atoms with Crippen LogP contribution in [0.3, 0.4) is 0 Å². The van der Waals surface area contributed by atoms with E-state index < -0.39 is 6.10 Å². The van der Waals surface area contributed by atoms with Crippen molar-refractivity contribution in [3.63, 3.8) is 0 Å². The monoisotopic (exact) mass is 315 g/mol. The molecule has 1 amide bonds. The Morgan fingerprint density at radius 2 is 2.22 bits per heavy atom. The SMILES string of the molecule is Cc1cccc2[nH]c(CCC(=O)NCC(O)C3CCCC3)nc12. The summed E-state index contributed by atoms with van der Waals surface area (Å²) in [6, 6.07) is 6.03. The number of benzene rings is 1. The lowest BCUT2D eigenvalue weighted by Gasteiger charge is -2.17. The molecule has 5 nitrogen and oxygen atoms in total. The van der Waals surface area contributed by atoms with Gasteiger partial charge in [-0.3, -0.25) is 4.79 Å². The highest BCUT2D eigenvalue weighted by molar-refractivity contribution is 5.79. The summed E-state index contributed by atoms with van der Waals surface area (Å²) < 4.78 is 0. The van der Waals surface area contributed by atoms with Crippen LogP contribution in [-0.4, -0.2) is 33.6 Å². The molecule has 1 atom stereocenters. The Balaban J connectivity index is 1.47. The number of aromatic amines is 1. The number of aryl methyl sites for hydroxylation is 2. The van der Waals surface area contributed by atoms with Crippen molar-refractivity contribution in [2.75, 3.05) is 6.54 Å². The maximum absolute atomic E-state index is 12.0. The molecule has 1 aliphatic rings. The van der Waals surface area contributed by atoms with Crippen LogP contribution < -0.4 is 5.32 Å². The molecule has 1 saturated carbocycles. The predicted molar refractivity (Wildman–Crippen MR) is 90.1 cm³/mol. The Morgan fingerprint density at radius 1 is 1.43 bits per heavy atom. The van der Waals surface area contributed by atoms with Crippen molar-refractivity contribution in [3.05, 3.63) is 29.6 Å². The molecule has 3 N–H and O–H groups in total. The third kappa shape index (κ3) is 3.91. The first kappa shape index (κ1) is 16.0. The van der Waals surface area contributed by atoms with Gasteiger partial charge in [-0.15, -0.1) is 0 Å². The van der Waals surface area contributed by atoms with Crippen molar-refractivity contribution in [1.82, 2.24) is 15.3 Å². The number of nitrogens with zero attached hydrogens (tertiary/aromatic N) is 1. The Hall–Kier alpha value is -1.88. The second kappa shape index (κ2) is 7.13. The lowest BCUT2D eigenvalue weighted by Crippen LogP contribution is -2.35. The third-order valence-electron chi connectivity index (χ3n) is 4.80. The molecule has 0 aliphatic heterocycles. The van der Waals surface area contributed by atoms with Gasteiger partial charge >= 0.3 is 0 Å². The molecule has 5 heteroatoms. The molecule has 0 bridgehead atoms. The van der Waals surface area contributed by atoms with Crippen LogP contribution in [0.1, 0.15) is 43.5 Å². The Morgan fingerprint density at radius 3 is 2.96 bits per heavy atom. The molecule has 3 rings (SSSR count). The number of aromatic nitrogens is 2. The summed E-state index contributed by atoms with van der Waals surface area (Å²) in [5.41, 5.74) is 3.12. The maximum Gasteiger partial charge on any atom is 0.220 e. The van der Waals surface area contributed by atoms with Gasteiger partial charge in [0.15, 0.2) is 0 Å². The number of hydrogen-bond donors (Lipinski definition) is 3. The van der Waals surface area contributed by atoms with Crippen LogP contribution >= 0.6 is 0 Å². The van der Waals surface area contributed by atoms with Crippen molar-refractivity contribution in [2.24, 2.45) is 5.92 Å². The standard InChI is InChI=1S/C18H25N3O2/c1-12-5-4-8-14-18(12)21-16(20-14)9-10-17(23)19-11-15(22)13-6-2-3-7-13/h4-5,8,13,15,22H,2-3,6-7,9-11H2,1H3,(H,19,23)(H,20,21). The number of rotatable bonds is 6. The largest absolute Gasteiger partial charge is 0.391 e. The second-order valence-corrected chi connectivity index (χ2v) is 6.57. The molecule has 0 saturated heterocycles. The number of aliphatic hydroxyl groups excluding tert-OH is 1. The van der Waals surface area contributed by atoms with Gasteiger partial charge in [0.25, 0.3) is 0 Å². The van der Waals surface area contributed by atoms with Crippen LogP contribution in [-0.2, 0) is 11.2 Å². The highest BCUT2D eigenvalue weighted by Gasteiger charge is 2.23. The van der Waals surface area contributed by atoms with Crippen molar-refractivity contribution in [3.8, 4) is 0 Å². The number of imidazole rings is 1. The van der Waals surface area contributed by atoms with Gasteiger partial charge in [-0.2, -0.15) is 0 Å². The van der Waals surface area contributed by atoms with Gasteiger partial charge in [0.05, 0.1) is 17.1 Å². The van der Waals surface area contributed by atoms with Crippen molar-refractivity contribution in [1.29, 1.82) is 0 Å². The Bertz CT molecular complexity index is 674. The minimum atomic E-state index is -0.407. The summed E-state index contributed by atoms with van der Waals surface area (Å²) in [7, 11) is 0. The second-order valence-electron chi connectivity index (χ2n) is 6.57. The Kier molecular flexibility index (Phi) is 4.96. The first-order valence-electron chi connectivity index (χ1n) is 8.52. The van der Waals surface area contributed by atoms with Gasteiger partial charge < -0.3 is 15.4 Å². The number of para-hydroxylation sites is 1. The minimum absolute atomic E-state index is 0.0285. The van der Waals surface area contributed by atoms with E-state index in [-0.39, 0.29) is 5.91 Å². The van der Waals surface area contributed by atoms with Gasteiger partial charge in [-0.1, -0.05) is 25.0 Å². The van der Waals surface area contributed by atoms with E-state index in [2.05, 4.69) is 15.3 Å². The number of hydrogen-bond acceptors (Lipinski definition) is 3. The molecule has 1 heterocycles. The predicted octanol–water partition coefficient (Wildman–Crippen LogP) is 2.47. The molecule has 0 radical (unpaired) electrons. The van der Waals surface area contributed by atoms with E-state index in [1.54, 1.807) is 0 Å². The summed E-state index contributed by atoms with van der Waals surface area (Å²) in [5, 5.41) is 12.9. The number of nitrogens with one attached hydrogen (secondary N) is 2. The molecule has 124 valence electrons. The number of carbonyl (C=O) groups excluding carboxylic acids is 1. The van der Waals surface area contributed by atoms with Crippen LogP contribution in [0.2, 0.25) is 0 Å². The zero-order valence-electron chi connectivity index (χ0n) is 13.6. The average Bonchev–Trinajstić information content (AvgIpc) is 3.20. The first-order valence-corrected chi connectivity index (χ1v) is 8.52.